The van der Waals surface area contributed by atoms with Gasteiger partial charge in [0, 0.05) is 31.7 Å². The molecule has 0 N–H and O–H groups in total. The first kappa shape index (κ1) is 16.8. The number of aromatic nitrogens is 1. The first-order valence-electron chi connectivity index (χ1n) is 7.70. The fourth-order valence-electron chi connectivity index (χ4n) is 2.45. The van der Waals surface area contributed by atoms with Crippen molar-refractivity contribution in [3.63, 3.8) is 0 Å². The van der Waals surface area contributed by atoms with Gasteiger partial charge >= 0.3 is 0 Å². The molecule has 0 spiro atoms. The third-order valence-electron chi connectivity index (χ3n) is 3.76. The number of aliphatic imine (C=N–C) groups is 1. The average Bonchev–Trinajstić information content (AvgIpc) is 2.62. The molecule has 1 aliphatic rings. The Hall–Kier alpha value is -2.09. The lowest BCUT2D eigenvalue weighted by Crippen LogP contribution is -2.40. The molecule has 0 amide bonds. The van der Waals surface area contributed by atoms with Crippen LogP contribution >= 0.6 is 0 Å². The Kier molecular flexibility index (Phi) is 5.03. The second-order valence-electron chi connectivity index (χ2n) is 5.53. The molecule has 6 nitrogen and oxygen atoms in total. The fraction of sp³-hybridized carbons (Fsp3) is 0.294. The molecule has 1 aromatic carbocycles. The number of benzene rings is 1. The average molecular weight is 345 g/mol. The van der Waals surface area contributed by atoms with Crippen molar-refractivity contribution in [2.75, 3.05) is 26.3 Å². The summed E-state index contributed by atoms with van der Waals surface area (Å²) in [6, 6.07) is 8.89. The van der Waals surface area contributed by atoms with Gasteiger partial charge in [-0.15, -0.1) is 0 Å². The molecule has 0 bridgehead atoms. The number of hydrogen-bond donors (Lipinski definition) is 0. The van der Waals surface area contributed by atoms with E-state index in [9.17, 15) is 8.42 Å². The number of hydrogen-bond acceptors (Lipinski definition) is 5. The monoisotopic (exact) mass is 345 g/mol. The number of morpholine rings is 1. The van der Waals surface area contributed by atoms with Gasteiger partial charge in [-0.25, -0.2) is 8.42 Å². The molecular weight excluding hydrogens is 326 g/mol. The number of rotatable bonds is 4. The predicted octanol–water partition coefficient (Wildman–Crippen LogP) is 2.16. The summed E-state index contributed by atoms with van der Waals surface area (Å²) in [7, 11) is -3.59. The summed E-state index contributed by atoms with van der Waals surface area (Å²) in [5.41, 5.74) is 2.17. The number of pyridine rings is 1. The highest BCUT2D eigenvalue weighted by Gasteiger charge is 2.28. The van der Waals surface area contributed by atoms with Crippen molar-refractivity contribution in [2.45, 2.75) is 11.8 Å². The zero-order valence-electron chi connectivity index (χ0n) is 13.4. The maximum Gasteiger partial charge on any atom is 0.245 e. The van der Waals surface area contributed by atoms with Crippen LogP contribution in [-0.4, -0.2) is 50.2 Å². The molecular formula is C17H19N3O3S. The quantitative estimate of drug-likeness (QED) is 0.796. The molecule has 1 aliphatic heterocycles. The van der Waals surface area contributed by atoms with Crippen LogP contribution in [0.15, 0.2) is 52.6 Å². The van der Waals surface area contributed by atoms with Crippen LogP contribution in [0.2, 0.25) is 0 Å². The largest absolute Gasteiger partial charge is 0.379 e. The summed E-state index contributed by atoms with van der Waals surface area (Å²) in [5.74, 6) is 0. The van der Waals surface area contributed by atoms with Gasteiger partial charge in [0.25, 0.3) is 0 Å². The Morgan fingerprint density at radius 3 is 2.58 bits per heavy atom. The van der Waals surface area contributed by atoms with E-state index in [2.05, 4.69) is 9.98 Å². The Morgan fingerprint density at radius 2 is 1.88 bits per heavy atom. The summed E-state index contributed by atoms with van der Waals surface area (Å²) in [6.45, 7) is 3.43. The first-order valence-corrected chi connectivity index (χ1v) is 9.14. The maximum absolute atomic E-state index is 13.0. The van der Waals surface area contributed by atoms with Crippen LogP contribution in [-0.2, 0) is 14.8 Å². The lowest BCUT2D eigenvalue weighted by atomic mass is 10.2. The van der Waals surface area contributed by atoms with Crippen molar-refractivity contribution < 1.29 is 13.2 Å². The number of ether oxygens (including phenoxy) is 1. The second kappa shape index (κ2) is 7.21. The van der Waals surface area contributed by atoms with Crippen LogP contribution in [0, 0.1) is 6.92 Å². The Labute approximate surface area is 141 Å². The first-order chi connectivity index (χ1) is 11.6. The normalized spacial score (nSPS) is 16.5. The highest BCUT2D eigenvalue weighted by molar-refractivity contribution is 7.89. The molecule has 0 aliphatic carbocycles. The maximum atomic E-state index is 13.0. The molecule has 3 rings (SSSR count). The zero-order chi connectivity index (χ0) is 17.0. The molecule has 2 heterocycles. The Bertz CT molecular complexity index is 829. The standard InChI is InChI=1S/C17H19N3O3S/c1-14-2-3-16(19-13-15-4-6-18-7-5-15)17(12-14)24(21,22)20-8-10-23-11-9-20/h2-7,12-13H,8-11H2,1H3. The smallest absolute Gasteiger partial charge is 0.245 e. The van der Waals surface area contributed by atoms with Gasteiger partial charge in [0.1, 0.15) is 4.90 Å². The van der Waals surface area contributed by atoms with Gasteiger partial charge in [-0.2, -0.15) is 4.31 Å². The van der Waals surface area contributed by atoms with Crippen molar-refractivity contribution in [1.82, 2.24) is 9.29 Å². The van der Waals surface area contributed by atoms with E-state index in [1.165, 1.54) is 4.31 Å². The van der Waals surface area contributed by atoms with E-state index in [4.69, 9.17) is 4.74 Å². The molecule has 0 atom stereocenters. The summed E-state index contributed by atoms with van der Waals surface area (Å²) in [6.07, 6.45) is 4.98. The highest BCUT2D eigenvalue weighted by atomic mass is 32.2. The Morgan fingerprint density at radius 1 is 1.17 bits per heavy atom. The third-order valence-corrected chi connectivity index (χ3v) is 5.69. The minimum absolute atomic E-state index is 0.231. The van der Waals surface area contributed by atoms with Gasteiger partial charge in [-0.1, -0.05) is 6.07 Å². The van der Waals surface area contributed by atoms with Gasteiger partial charge in [0.15, 0.2) is 0 Å². The van der Waals surface area contributed by atoms with Crippen molar-refractivity contribution >= 4 is 21.9 Å². The molecule has 2 aromatic rings. The van der Waals surface area contributed by atoms with Crippen LogP contribution in [0.3, 0.4) is 0 Å². The summed E-state index contributed by atoms with van der Waals surface area (Å²) in [5, 5.41) is 0. The van der Waals surface area contributed by atoms with Crippen molar-refractivity contribution in [1.29, 1.82) is 0 Å². The molecule has 0 saturated carbocycles. The van der Waals surface area contributed by atoms with E-state index in [1.807, 2.05) is 25.1 Å². The second-order valence-corrected chi connectivity index (χ2v) is 7.43. The van der Waals surface area contributed by atoms with Crippen LogP contribution in [0.4, 0.5) is 5.69 Å². The molecule has 24 heavy (non-hydrogen) atoms. The van der Waals surface area contributed by atoms with Gasteiger partial charge in [-0.05, 0) is 42.3 Å². The van der Waals surface area contributed by atoms with E-state index in [-0.39, 0.29) is 4.90 Å². The number of nitrogens with zero attached hydrogens (tertiary/aromatic N) is 3. The van der Waals surface area contributed by atoms with Crippen molar-refractivity contribution in [3.8, 4) is 0 Å². The predicted molar refractivity (Wildman–Crippen MR) is 92.2 cm³/mol. The minimum atomic E-state index is -3.59. The Balaban J connectivity index is 1.98. The molecule has 1 aromatic heterocycles. The van der Waals surface area contributed by atoms with Gasteiger partial charge in [0.05, 0.1) is 18.9 Å². The van der Waals surface area contributed by atoms with Gasteiger partial charge in [0.2, 0.25) is 10.0 Å². The minimum Gasteiger partial charge on any atom is -0.379 e. The fourth-order valence-corrected chi connectivity index (χ4v) is 4.08. The third kappa shape index (κ3) is 3.69. The van der Waals surface area contributed by atoms with E-state index in [1.54, 1.807) is 30.7 Å². The van der Waals surface area contributed by atoms with Crippen molar-refractivity contribution in [3.05, 3.63) is 53.9 Å². The van der Waals surface area contributed by atoms with E-state index >= 15 is 0 Å². The lowest BCUT2D eigenvalue weighted by molar-refractivity contribution is 0.0730. The van der Waals surface area contributed by atoms with Gasteiger partial charge in [-0.3, -0.25) is 9.98 Å². The van der Waals surface area contributed by atoms with Crippen LogP contribution in [0.1, 0.15) is 11.1 Å². The van der Waals surface area contributed by atoms with Crippen molar-refractivity contribution in [2.24, 2.45) is 4.99 Å². The molecule has 1 saturated heterocycles. The summed E-state index contributed by atoms with van der Waals surface area (Å²) < 4.78 is 32.6. The summed E-state index contributed by atoms with van der Waals surface area (Å²) >= 11 is 0. The molecule has 7 heteroatoms. The van der Waals surface area contributed by atoms with E-state index in [0.717, 1.165) is 11.1 Å². The molecule has 1 fully saturated rings. The SMILES string of the molecule is Cc1ccc(N=Cc2ccncc2)c(S(=O)(=O)N2CCOCC2)c1. The van der Waals surface area contributed by atoms with Crippen LogP contribution in [0.25, 0.3) is 0 Å². The van der Waals surface area contributed by atoms with E-state index < -0.39 is 10.0 Å². The van der Waals surface area contributed by atoms with Crippen LogP contribution in [0.5, 0.6) is 0 Å². The lowest BCUT2D eigenvalue weighted by Gasteiger charge is -2.26. The van der Waals surface area contributed by atoms with Crippen LogP contribution < -0.4 is 0 Å². The number of sulfonamides is 1. The summed E-state index contributed by atoms with van der Waals surface area (Å²) in [4.78, 5) is 8.57. The molecule has 0 unspecified atom stereocenters. The highest BCUT2D eigenvalue weighted by Crippen LogP contribution is 2.28. The molecule has 126 valence electrons. The van der Waals surface area contributed by atoms with Gasteiger partial charge < -0.3 is 4.74 Å². The van der Waals surface area contributed by atoms with E-state index in [0.29, 0.717) is 32.0 Å². The zero-order valence-corrected chi connectivity index (χ0v) is 14.2. The molecule has 0 radical (unpaired) electrons. The number of aryl methyl sites for hydroxylation is 1. The topological polar surface area (TPSA) is 71.9 Å².